The maximum Gasteiger partial charge on any atom is 0.359 e. The molecule has 0 fully saturated rings. The van der Waals surface area contributed by atoms with Crippen molar-refractivity contribution in [2.45, 2.75) is 20.0 Å². The second-order valence-corrected chi connectivity index (χ2v) is 4.63. The van der Waals surface area contributed by atoms with Crippen LogP contribution in [0.1, 0.15) is 23.1 Å². The highest BCUT2D eigenvalue weighted by molar-refractivity contribution is 5.90. The van der Waals surface area contributed by atoms with Gasteiger partial charge in [-0.15, -0.1) is 0 Å². The molecule has 1 aromatic heterocycles. The van der Waals surface area contributed by atoms with Crippen molar-refractivity contribution < 1.29 is 23.1 Å². The predicted octanol–water partition coefficient (Wildman–Crippen LogP) is 1.49. The van der Waals surface area contributed by atoms with Gasteiger partial charge in [0.1, 0.15) is 11.5 Å². The summed E-state index contributed by atoms with van der Waals surface area (Å²) in [4.78, 5) is 22.7. The molecule has 22 heavy (non-hydrogen) atoms. The quantitative estimate of drug-likeness (QED) is 0.867. The Morgan fingerprint density at radius 3 is 2.59 bits per heavy atom. The molecular weight excluding hydrogens is 296 g/mol. The fraction of sp³-hybridized carbons (Fsp3) is 0.214. The van der Waals surface area contributed by atoms with Gasteiger partial charge in [0.2, 0.25) is 0 Å². The smallest absolute Gasteiger partial charge is 0.359 e. The van der Waals surface area contributed by atoms with E-state index in [9.17, 15) is 18.4 Å². The summed E-state index contributed by atoms with van der Waals surface area (Å²) < 4.78 is 32.6. The molecule has 2 N–H and O–H groups in total. The Balaban J connectivity index is 2.32. The minimum absolute atomic E-state index is 0.0131. The first-order valence-electron chi connectivity index (χ1n) is 6.32. The lowest BCUT2D eigenvalue weighted by molar-refractivity contribution is -0.125. The number of esters is 1. The molecule has 0 aliphatic heterocycles. The number of carbonyl (C=O) groups is 2. The van der Waals surface area contributed by atoms with Crippen molar-refractivity contribution >= 4 is 11.9 Å². The fourth-order valence-corrected chi connectivity index (χ4v) is 1.75. The number of nitrogens with two attached hydrogens (primary N) is 1. The van der Waals surface area contributed by atoms with Crippen molar-refractivity contribution in [3.8, 4) is 5.69 Å². The summed E-state index contributed by atoms with van der Waals surface area (Å²) in [6, 6.07) is 4.35. The van der Waals surface area contributed by atoms with Crippen LogP contribution in [0.15, 0.2) is 24.3 Å². The van der Waals surface area contributed by atoms with E-state index in [1.54, 1.807) is 6.92 Å². The third-order valence-electron chi connectivity index (χ3n) is 2.92. The monoisotopic (exact) mass is 309 g/mol. The number of benzene rings is 1. The highest BCUT2D eigenvalue weighted by atomic mass is 19.1. The maximum atomic E-state index is 13.8. The second kappa shape index (κ2) is 5.92. The summed E-state index contributed by atoms with van der Waals surface area (Å²) in [5, 5.41) is 3.91. The number of hydrogen-bond acceptors (Lipinski definition) is 4. The fourth-order valence-electron chi connectivity index (χ4n) is 1.75. The van der Waals surface area contributed by atoms with Crippen LogP contribution in [0, 0.1) is 18.6 Å². The standard InChI is InChI=1S/C14H13F2N3O3/c1-7-5-11(14(21)22-8(2)13(17)20)18-19(7)12-4-3-9(15)6-10(12)16/h3-6,8H,1-2H3,(H2,17,20)/t8-/m0/s1. The second-order valence-electron chi connectivity index (χ2n) is 4.63. The highest BCUT2D eigenvalue weighted by Crippen LogP contribution is 2.17. The molecule has 0 radical (unpaired) electrons. The molecule has 6 nitrogen and oxygen atoms in total. The van der Waals surface area contributed by atoms with E-state index in [0.717, 1.165) is 10.7 Å². The number of ether oxygens (including phenoxy) is 1. The largest absolute Gasteiger partial charge is 0.448 e. The molecule has 0 saturated carbocycles. The van der Waals surface area contributed by atoms with Crippen LogP contribution in [-0.2, 0) is 9.53 Å². The van der Waals surface area contributed by atoms with Gasteiger partial charge in [-0.25, -0.2) is 18.3 Å². The van der Waals surface area contributed by atoms with E-state index in [4.69, 9.17) is 10.5 Å². The Bertz CT molecular complexity index is 743. The maximum absolute atomic E-state index is 13.8. The van der Waals surface area contributed by atoms with Gasteiger partial charge in [-0.05, 0) is 32.0 Å². The van der Waals surface area contributed by atoms with Crippen LogP contribution >= 0.6 is 0 Å². The molecule has 1 heterocycles. The Labute approximate surface area is 124 Å². The Hall–Kier alpha value is -2.77. The first-order valence-corrected chi connectivity index (χ1v) is 6.32. The zero-order valence-corrected chi connectivity index (χ0v) is 11.8. The number of amides is 1. The molecule has 0 aliphatic rings. The van der Waals surface area contributed by atoms with E-state index in [1.807, 2.05) is 0 Å². The molecule has 2 aromatic rings. The first-order chi connectivity index (χ1) is 10.3. The van der Waals surface area contributed by atoms with Crippen molar-refractivity contribution in [3.63, 3.8) is 0 Å². The van der Waals surface area contributed by atoms with Crippen molar-refractivity contribution in [1.82, 2.24) is 9.78 Å². The lowest BCUT2D eigenvalue weighted by Gasteiger charge is -2.07. The number of halogens is 2. The van der Waals surface area contributed by atoms with Gasteiger partial charge in [0, 0.05) is 11.8 Å². The van der Waals surface area contributed by atoms with Gasteiger partial charge >= 0.3 is 5.97 Å². The summed E-state index contributed by atoms with van der Waals surface area (Å²) >= 11 is 0. The van der Waals surface area contributed by atoms with Crippen molar-refractivity contribution in [1.29, 1.82) is 0 Å². The SMILES string of the molecule is Cc1cc(C(=O)O[C@@H](C)C(N)=O)nn1-c1ccc(F)cc1F. The predicted molar refractivity (Wildman–Crippen MR) is 72.3 cm³/mol. The van der Waals surface area contributed by atoms with E-state index in [-0.39, 0.29) is 11.4 Å². The van der Waals surface area contributed by atoms with Crippen LogP contribution < -0.4 is 5.73 Å². The van der Waals surface area contributed by atoms with Crippen LogP contribution in [0.4, 0.5) is 8.78 Å². The van der Waals surface area contributed by atoms with Crippen LogP contribution in [0.25, 0.3) is 5.69 Å². The first kappa shape index (κ1) is 15.6. The number of aromatic nitrogens is 2. The molecule has 1 amide bonds. The Morgan fingerprint density at radius 2 is 2.00 bits per heavy atom. The number of primary amides is 1. The lowest BCUT2D eigenvalue weighted by atomic mass is 10.3. The van der Waals surface area contributed by atoms with Crippen molar-refractivity contribution in [3.05, 3.63) is 47.3 Å². The summed E-state index contributed by atoms with van der Waals surface area (Å²) in [6.45, 7) is 2.91. The summed E-state index contributed by atoms with van der Waals surface area (Å²) in [5.74, 6) is -3.21. The highest BCUT2D eigenvalue weighted by Gasteiger charge is 2.20. The molecule has 0 spiro atoms. The van der Waals surface area contributed by atoms with E-state index in [1.165, 1.54) is 19.1 Å². The Morgan fingerprint density at radius 1 is 1.32 bits per heavy atom. The summed E-state index contributed by atoms with van der Waals surface area (Å²) in [5.41, 5.74) is 5.30. The van der Waals surface area contributed by atoms with Gasteiger partial charge in [-0.1, -0.05) is 0 Å². The average Bonchev–Trinajstić information content (AvgIpc) is 2.80. The number of carbonyl (C=O) groups excluding carboxylic acids is 2. The number of rotatable bonds is 4. The average molecular weight is 309 g/mol. The van der Waals surface area contributed by atoms with E-state index >= 15 is 0 Å². The third kappa shape index (κ3) is 3.11. The number of hydrogen-bond donors (Lipinski definition) is 1. The zero-order chi connectivity index (χ0) is 16.4. The van der Waals surface area contributed by atoms with E-state index < -0.39 is 29.6 Å². The molecule has 0 unspecified atom stereocenters. The van der Waals surface area contributed by atoms with Gasteiger partial charge in [0.15, 0.2) is 17.6 Å². The van der Waals surface area contributed by atoms with Gasteiger partial charge < -0.3 is 10.5 Å². The van der Waals surface area contributed by atoms with Crippen LogP contribution in [-0.4, -0.2) is 27.8 Å². The lowest BCUT2D eigenvalue weighted by Crippen LogP contribution is -2.30. The molecule has 1 aromatic carbocycles. The molecule has 0 aliphatic carbocycles. The minimum Gasteiger partial charge on any atom is -0.448 e. The van der Waals surface area contributed by atoms with Crippen LogP contribution in [0.5, 0.6) is 0 Å². The van der Waals surface area contributed by atoms with Gasteiger partial charge in [0.25, 0.3) is 5.91 Å². The van der Waals surface area contributed by atoms with Crippen molar-refractivity contribution in [2.75, 3.05) is 0 Å². The Kier molecular flexibility index (Phi) is 4.20. The summed E-state index contributed by atoms with van der Waals surface area (Å²) in [7, 11) is 0. The molecule has 0 bridgehead atoms. The third-order valence-corrected chi connectivity index (χ3v) is 2.92. The topological polar surface area (TPSA) is 87.2 Å². The normalized spacial score (nSPS) is 12.0. The minimum atomic E-state index is -1.11. The number of nitrogens with zero attached hydrogens (tertiary/aromatic N) is 2. The molecule has 116 valence electrons. The van der Waals surface area contributed by atoms with Gasteiger partial charge in [-0.3, -0.25) is 4.79 Å². The van der Waals surface area contributed by atoms with Gasteiger partial charge in [-0.2, -0.15) is 5.10 Å². The van der Waals surface area contributed by atoms with Crippen LogP contribution in [0.2, 0.25) is 0 Å². The molecule has 2 rings (SSSR count). The zero-order valence-electron chi connectivity index (χ0n) is 11.8. The van der Waals surface area contributed by atoms with Gasteiger partial charge in [0.05, 0.1) is 0 Å². The molecule has 8 heteroatoms. The molecular formula is C14H13F2N3O3. The van der Waals surface area contributed by atoms with Crippen molar-refractivity contribution in [2.24, 2.45) is 5.73 Å². The summed E-state index contributed by atoms with van der Waals surface area (Å²) in [6.07, 6.45) is -1.11. The molecule has 1 atom stereocenters. The van der Waals surface area contributed by atoms with E-state index in [0.29, 0.717) is 11.8 Å². The van der Waals surface area contributed by atoms with Crippen LogP contribution in [0.3, 0.4) is 0 Å². The van der Waals surface area contributed by atoms with E-state index in [2.05, 4.69) is 5.10 Å². The molecule has 0 saturated heterocycles. The number of aryl methyl sites for hydroxylation is 1.